The molecule has 4 heteroatoms. The van der Waals surface area contributed by atoms with Crippen LogP contribution in [0.1, 0.15) is 257 Å². The molecule has 4 rings (SSSR count). The van der Waals surface area contributed by atoms with E-state index in [9.17, 15) is 14.8 Å². The second-order valence-corrected chi connectivity index (χ2v) is 22.9. The normalized spacial score (nSPS) is 22.1. The number of fused-ring (bicyclic) bond motifs is 2. The van der Waals surface area contributed by atoms with Crippen LogP contribution in [0.5, 0.6) is 11.5 Å². The van der Waals surface area contributed by atoms with Gasteiger partial charge in [0, 0.05) is 46.9 Å². The van der Waals surface area contributed by atoms with Crippen LogP contribution in [0.4, 0.5) is 0 Å². The highest BCUT2D eigenvalue weighted by atomic mass is 32.2. The summed E-state index contributed by atoms with van der Waals surface area (Å²) < 4.78 is 14.9. The number of benzene rings is 2. The Morgan fingerprint density at radius 1 is 0.464 bits per heavy atom. The van der Waals surface area contributed by atoms with Crippen molar-refractivity contribution in [1.29, 1.82) is 0 Å². The van der Waals surface area contributed by atoms with Crippen molar-refractivity contribution >= 4 is 11.2 Å². The maximum Gasteiger partial charge on any atom is 0.123 e. The second-order valence-electron chi connectivity index (χ2n) is 21.1. The summed E-state index contributed by atoms with van der Waals surface area (Å²) >= 11 is -0.968. The van der Waals surface area contributed by atoms with E-state index in [1.165, 1.54) is 62.5 Å². The van der Waals surface area contributed by atoms with Gasteiger partial charge in [0.15, 0.2) is 0 Å². The quantitative estimate of drug-likeness (QED) is 0.0922. The van der Waals surface area contributed by atoms with Crippen molar-refractivity contribution < 1.29 is 14.8 Å². The number of rotatable bonds is 22. The lowest BCUT2D eigenvalue weighted by atomic mass is 9.70. The lowest BCUT2D eigenvalue weighted by Gasteiger charge is -2.34. The fraction of sp³-hybridized carbons (Fsp3) is 0.769. The van der Waals surface area contributed by atoms with Gasteiger partial charge in [-0.25, -0.2) is 0 Å². The van der Waals surface area contributed by atoms with Crippen molar-refractivity contribution in [2.24, 2.45) is 0 Å². The van der Waals surface area contributed by atoms with Crippen LogP contribution in [0.3, 0.4) is 0 Å². The van der Waals surface area contributed by atoms with Crippen molar-refractivity contribution in [3.05, 3.63) is 57.6 Å². The first-order valence-corrected chi connectivity index (χ1v) is 24.8. The molecule has 0 aromatic heterocycles. The third-order valence-electron chi connectivity index (χ3n) is 14.7. The summed E-state index contributed by atoms with van der Waals surface area (Å²) in [5, 5.41) is 24.6. The number of phenols is 2. The van der Waals surface area contributed by atoms with Crippen molar-refractivity contribution in [2.45, 2.75) is 255 Å². The monoisotopic (exact) mass is 791 g/mol. The van der Waals surface area contributed by atoms with E-state index in [-0.39, 0.29) is 44.0 Å². The van der Waals surface area contributed by atoms with Gasteiger partial charge in [-0.1, -0.05) is 184 Å². The van der Waals surface area contributed by atoms with Gasteiger partial charge in [0.25, 0.3) is 0 Å². The largest absolute Gasteiger partial charge is 0.616 e. The maximum absolute atomic E-state index is 14.9. The van der Waals surface area contributed by atoms with E-state index in [0.717, 1.165) is 99.3 Å². The standard InChI is InChI=1S/C52H86O3S/c1-13-17-21-29-49(5,6)41-33-37(34-42(47(41)53)50(7,8)30-22-18-14-2)39-25-26-40(46-28-27-45(39)56(46)55)38-35-43(51(9,10)31-23-19-15-3)48(54)44(36-38)52(11,12)32-24-20-16-4/h33-36,39-40,45-46,53-54H,13-32H2,1-12H3. The van der Waals surface area contributed by atoms with Crippen LogP contribution >= 0.6 is 0 Å². The Hall–Kier alpha value is -1.65. The Morgan fingerprint density at radius 3 is 0.946 bits per heavy atom. The van der Waals surface area contributed by atoms with Gasteiger partial charge < -0.3 is 14.8 Å². The molecule has 2 saturated heterocycles. The van der Waals surface area contributed by atoms with E-state index in [2.05, 4.69) is 107 Å². The van der Waals surface area contributed by atoms with Gasteiger partial charge in [-0.2, -0.15) is 0 Å². The summed E-state index contributed by atoms with van der Waals surface area (Å²) in [5.41, 5.74) is 6.37. The first-order chi connectivity index (χ1) is 26.4. The molecule has 3 nitrogen and oxygen atoms in total. The van der Waals surface area contributed by atoms with Gasteiger partial charge in [-0.15, -0.1) is 0 Å². The Kier molecular flexibility index (Phi) is 16.9. The maximum atomic E-state index is 14.9. The van der Waals surface area contributed by atoms with Crippen LogP contribution < -0.4 is 0 Å². The number of hydrogen-bond donors (Lipinski definition) is 2. The van der Waals surface area contributed by atoms with Gasteiger partial charge in [-0.05, 0) is 82.5 Å². The first-order valence-electron chi connectivity index (χ1n) is 23.5. The predicted octanol–water partition coefficient (Wildman–Crippen LogP) is 15.5. The molecule has 0 aliphatic carbocycles. The molecule has 2 bridgehead atoms. The minimum atomic E-state index is -0.968. The van der Waals surface area contributed by atoms with Crippen LogP contribution in [-0.4, -0.2) is 25.3 Å². The summed E-state index contributed by atoms with van der Waals surface area (Å²) in [7, 11) is 0. The van der Waals surface area contributed by atoms with Crippen LogP contribution in [-0.2, 0) is 32.8 Å². The number of hydrogen-bond acceptors (Lipinski definition) is 3. The highest BCUT2D eigenvalue weighted by molar-refractivity contribution is 7.93. The Bertz CT molecular complexity index is 1330. The molecule has 2 N–H and O–H groups in total. The third kappa shape index (κ3) is 10.9. The van der Waals surface area contributed by atoms with E-state index < -0.39 is 11.2 Å². The lowest BCUT2D eigenvalue weighted by Crippen LogP contribution is -2.29. The minimum absolute atomic E-state index is 0.133. The molecule has 2 aromatic rings. The average molecular weight is 791 g/mol. The third-order valence-corrected chi connectivity index (χ3v) is 17.0. The molecule has 2 aromatic carbocycles. The fourth-order valence-corrected chi connectivity index (χ4v) is 13.0. The summed E-state index contributed by atoms with van der Waals surface area (Å²) in [6, 6.07) is 9.43. The number of phenolic OH excluding ortho intramolecular Hbond substituents is 2. The molecule has 2 aliphatic heterocycles. The van der Waals surface area contributed by atoms with E-state index in [1.807, 2.05) is 0 Å². The summed E-state index contributed by atoms with van der Waals surface area (Å²) in [4.78, 5) is 0. The van der Waals surface area contributed by atoms with E-state index >= 15 is 0 Å². The highest BCUT2D eigenvalue weighted by Gasteiger charge is 2.51. The number of unbranched alkanes of at least 4 members (excludes halogenated alkanes) is 8. The smallest absolute Gasteiger partial charge is 0.123 e. The lowest BCUT2D eigenvalue weighted by molar-refractivity contribution is 0.376. The van der Waals surface area contributed by atoms with E-state index in [4.69, 9.17) is 0 Å². The number of aromatic hydroxyl groups is 2. The fourth-order valence-electron chi connectivity index (χ4n) is 10.6. The van der Waals surface area contributed by atoms with E-state index in [1.54, 1.807) is 0 Å². The molecule has 2 heterocycles. The molecule has 4 unspecified atom stereocenters. The van der Waals surface area contributed by atoms with Gasteiger partial charge in [-0.3, -0.25) is 0 Å². The zero-order chi connectivity index (χ0) is 41.5. The van der Waals surface area contributed by atoms with Crippen LogP contribution in [0.25, 0.3) is 0 Å². The Labute approximate surface area is 349 Å². The van der Waals surface area contributed by atoms with Gasteiger partial charge in [0.1, 0.15) is 22.0 Å². The van der Waals surface area contributed by atoms with Crippen LogP contribution in [0.2, 0.25) is 0 Å². The molecular weight excluding hydrogens is 705 g/mol. The Morgan fingerprint density at radius 2 is 0.714 bits per heavy atom. The molecule has 0 amide bonds. The zero-order valence-electron chi connectivity index (χ0n) is 38.5. The van der Waals surface area contributed by atoms with Crippen molar-refractivity contribution in [1.82, 2.24) is 0 Å². The van der Waals surface area contributed by atoms with Gasteiger partial charge >= 0.3 is 0 Å². The van der Waals surface area contributed by atoms with Gasteiger partial charge in [0.05, 0.1) is 0 Å². The molecule has 2 fully saturated rings. The van der Waals surface area contributed by atoms with Crippen LogP contribution in [0.15, 0.2) is 24.3 Å². The summed E-state index contributed by atoms with van der Waals surface area (Å²) in [5.74, 6) is 1.41. The van der Waals surface area contributed by atoms with Crippen molar-refractivity contribution in [2.75, 3.05) is 0 Å². The molecule has 0 saturated carbocycles. The SMILES string of the molecule is CCCCCC(C)(C)c1cc(C2CCC(c3cc(C(C)(C)CCCCC)c(O)c(C(C)(C)CCCCC)c3)C3CCC2[S+]3[O-])cc(C(C)(C)CCCCC)c1O. The highest BCUT2D eigenvalue weighted by Crippen LogP contribution is 2.54. The first kappa shape index (κ1) is 47.0. The summed E-state index contributed by atoms with van der Waals surface area (Å²) in [6.07, 6.45) is 22.4. The molecule has 0 spiro atoms. The molecular formula is C52H86O3S. The summed E-state index contributed by atoms with van der Waals surface area (Å²) in [6.45, 7) is 27.7. The topological polar surface area (TPSA) is 63.5 Å². The average Bonchev–Trinajstić information content (AvgIpc) is 3.43. The molecule has 318 valence electrons. The van der Waals surface area contributed by atoms with Gasteiger partial charge in [0.2, 0.25) is 0 Å². The van der Waals surface area contributed by atoms with Crippen LogP contribution in [0, 0.1) is 0 Å². The zero-order valence-corrected chi connectivity index (χ0v) is 39.3. The molecule has 0 radical (unpaired) electrons. The predicted molar refractivity (Wildman–Crippen MR) is 245 cm³/mol. The Balaban J connectivity index is 1.83. The second kappa shape index (κ2) is 20.1. The molecule has 2 aliphatic rings. The van der Waals surface area contributed by atoms with Crippen molar-refractivity contribution in [3.63, 3.8) is 0 Å². The van der Waals surface area contributed by atoms with Crippen molar-refractivity contribution in [3.8, 4) is 11.5 Å². The van der Waals surface area contributed by atoms with E-state index in [0.29, 0.717) is 11.5 Å². The molecule has 56 heavy (non-hydrogen) atoms. The minimum Gasteiger partial charge on any atom is -0.616 e. The molecule has 4 atom stereocenters.